The first-order chi connectivity index (χ1) is 8.79. The first kappa shape index (κ1) is 18.9. The van der Waals surface area contributed by atoms with Gasteiger partial charge in [0.2, 0.25) is 0 Å². The molecule has 0 atom stereocenters. The minimum Gasteiger partial charge on any atom is -0.323 e. The molecule has 3 heteroatoms. The van der Waals surface area contributed by atoms with Gasteiger partial charge in [-0.05, 0) is 19.8 Å². The number of ketones is 1. The second-order valence-corrected chi connectivity index (χ2v) is 10.3. The SMILES string of the molecule is CCCCCP(=O)(CCCCC)C(C)(C)CC(C)=O. The van der Waals surface area contributed by atoms with Gasteiger partial charge in [0, 0.05) is 23.9 Å². The van der Waals surface area contributed by atoms with E-state index in [2.05, 4.69) is 13.8 Å². The van der Waals surface area contributed by atoms with Crippen molar-refractivity contribution < 1.29 is 9.36 Å². The van der Waals surface area contributed by atoms with Gasteiger partial charge in [-0.15, -0.1) is 0 Å². The predicted molar refractivity (Wildman–Crippen MR) is 85.8 cm³/mol. The van der Waals surface area contributed by atoms with Crippen molar-refractivity contribution in [3.63, 3.8) is 0 Å². The van der Waals surface area contributed by atoms with Crippen LogP contribution in [-0.2, 0) is 9.36 Å². The van der Waals surface area contributed by atoms with Gasteiger partial charge < -0.3 is 4.57 Å². The van der Waals surface area contributed by atoms with E-state index in [4.69, 9.17) is 0 Å². The van der Waals surface area contributed by atoms with Crippen molar-refractivity contribution in [1.29, 1.82) is 0 Å². The van der Waals surface area contributed by atoms with Crippen LogP contribution < -0.4 is 0 Å². The summed E-state index contributed by atoms with van der Waals surface area (Å²) in [5, 5.41) is -0.319. The monoisotopic (exact) mass is 288 g/mol. The van der Waals surface area contributed by atoms with E-state index in [1.54, 1.807) is 6.92 Å². The molecule has 0 saturated heterocycles. The molecule has 0 aliphatic heterocycles. The Labute approximate surface area is 120 Å². The van der Waals surface area contributed by atoms with Crippen molar-refractivity contribution in [2.24, 2.45) is 0 Å². The number of unbranched alkanes of at least 4 members (excludes halogenated alkanes) is 4. The lowest BCUT2D eigenvalue weighted by atomic mass is 10.1. The van der Waals surface area contributed by atoms with Crippen LogP contribution in [0.25, 0.3) is 0 Å². The molecule has 0 rings (SSSR count). The van der Waals surface area contributed by atoms with E-state index in [0.29, 0.717) is 6.42 Å². The molecule has 0 radical (unpaired) electrons. The van der Waals surface area contributed by atoms with Gasteiger partial charge in [-0.3, -0.25) is 4.79 Å². The molecule has 0 aromatic heterocycles. The van der Waals surface area contributed by atoms with Crippen LogP contribution >= 0.6 is 7.14 Å². The highest BCUT2D eigenvalue weighted by Gasteiger charge is 2.39. The zero-order chi connectivity index (χ0) is 14.9. The Kier molecular flexibility index (Phi) is 8.90. The van der Waals surface area contributed by atoms with Crippen LogP contribution in [0.3, 0.4) is 0 Å². The second kappa shape index (κ2) is 8.95. The molecule has 0 aliphatic rings. The highest BCUT2D eigenvalue weighted by Crippen LogP contribution is 2.60. The van der Waals surface area contributed by atoms with E-state index >= 15 is 0 Å². The van der Waals surface area contributed by atoms with Crippen LogP contribution in [0.4, 0.5) is 0 Å². The van der Waals surface area contributed by atoms with Crippen LogP contribution in [0.1, 0.15) is 79.6 Å². The van der Waals surface area contributed by atoms with Gasteiger partial charge in [-0.1, -0.05) is 53.4 Å². The van der Waals surface area contributed by atoms with Crippen LogP contribution in [0.15, 0.2) is 0 Å². The lowest BCUT2D eigenvalue weighted by molar-refractivity contribution is -0.117. The number of carbonyl (C=O) groups excluding carboxylic acids is 1. The van der Waals surface area contributed by atoms with Gasteiger partial charge in [-0.2, -0.15) is 0 Å². The Hall–Kier alpha value is -0.100. The third kappa shape index (κ3) is 6.75. The zero-order valence-corrected chi connectivity index (χ0v) is 14.5. The third-order valence-electron chi connectivity index (χ3n) is 4.03. The highest BCUT2D eigenvalue weighted by atomic mass is 31.2. The minimum atomic E-state index is -2.26. The fraction of sp³-hybridized carbons (Fsp3) is 0.938. The Balaban J connectivity index is 4.80. The van der Waals surface area contributed by atoms with Crippen LogP contribution in [0, 0.1) is 0 Å². The molecular formula is C16H33O2P. The summed E-state index contributed by atoms with van der Waals surface area (Å²) in [6.07, 6.45) is 8.80. The van der Waals surface area contributed by atoms with E-state index in [0.717, 1.165) is 50.8 Å². The average Bonchev–Trinajstić information content (AvgIpc) is 2.28. The fourth-order valence-corrected chi connectivity index (χ4v) is 6.12. The Morgan fingerprint density at radius 1 is 0.947 bits per heavy atom. The molecule has 0 aromatic carbocycles. The fourth-order valence-electron chi connectivity index (χ4n) is 2.70. The lowest BCUT2D eigenvalue weighted by Crippen LogP contribution is -2.26. The van der Waals surface area contributed by atoms with E-state index in [1.807, 2.05) is 13.8 Å². The summed E-state index contributed by atoms with van der Waals surface area (Å²) >= 11 is 0. The normalized spacial score (nSPS) is 12.7. The Morgan fingerprint density at radius 2 is 1.37 bits per heavy atom. The molecule has 114 valence electrons. The maximum absolute atomic E-state index is 13.4. The quantitative estimate of drug-likeness (QED) is 0.372. The van der Waals surface area contributed by atoms with Crippen LogP contribution in [-0.4, -0.2) is 23.3 Å². The number of hydrogen-bond donors (Lipinski definition) is 0. The topological polar surface area (TPSA) is 34.1 Å². The second-order valence-electron chi connectivity index (χ2n) is 6.44. The van der Waals surface area contributed by atoms with E-state index in [-0.39, 0.29) is 10.9 Å². The molecule has 0 amide bonds. The molecule has 0 aliphatic carbocycles. The zero-order valence-electron chi connectivity index (χ0n) is 13.6. The van der Waals surface area contributed by atoms with Crippen molar-refractivity contribution in [3.8, 4) is 0 Å². The van der Waals surface area contributed by atoms with Gasteiger partial charge in [0.25, 0.3) is 0 Å². The molecule has 0 unspecified atom stereocenters. The summed E-state index contributed by atoms with van der Waals surface area (Å²) in [6.45, 7) is 10.0. The predicted octanol–water partition coefficient (Wildman–Crippen LogP) is 5.49. The van der Waals surface area contributed by atoms with Gasteiger partial charge in [0.15, 0.2) is 0 Å². The molecule has 0 aromatic rings. The van der Waals surface area contributed by atoms with E-state index in [9.17, 15) is 9.36 Å². The molecule has 0 N–H and O–H groups in total. The van der Waals surface area contributed by atoms with E-state index in [1.165, 1.54) is 0 Å². The van der Waals surface area contributed by atoms with Crippen LogP contribution in [0.2, 0.25) is 0 Å². The molecule has 0 saturated carbocycles. The maximum atomic E-state index is 13.4. The van der Waals surface area contributed by atoms with Crippen molar-refractivity contribution >= 4 is 12.9 Å². The molecule has 0 bridgehead atoms. The molecule has 19 heavy (non-hydrogen) atoms. The highest BCUT2D eigenvalue weighted by molar-refractivity contribution is 7.65. The molecule has 0 spiro atoms. The molecule has 2 nitrogen and oxygen atoms in total. The number of rotatable bonds is 11. The standard InChI is InChI=1S/C16H33O2P/c1-6-8-10-12-19(18,13-11-9-7-2)16(4,5)14-15(3)17/h6-14H2,1-5H3. The van der Waals surface area contributed by atoms with Gasteiger partial charge in [0.1, 0.15) is 5.78 Å². The summed E-state index contributed by atoms with van der Waals surface area (Å²) in [6, 6.07) is 0. The molecule has 0 heterocycles. The van der Waals surface area contributed by atoms with Crippen LogP contribution in [0.5, 0.6) is 0 Å². The lowest BCUT2D eigenvalue weighted by Gasteiger charge is -2.34. The molecular weight excluding hydrogens is 255 g/mol. The Bertz CT molecular complexity index is 294. The number of hydrogen-bond acceptors (Lipinski definition) is 2. The maximum Gasteiger partial charge on any atom is 0.130 e. The van der Waals surface area contributed by atoms with Crippen molar-refractivity contribution in [2.75, 3.05) is 12.3 Å². The summed E-state index contributed by atoms with van der Waals surface area (Å²) in [5.41, 5.74) is 0. The van der Waals surface area contributed by atoms with E-state index < -0.39 is 7.14 Å². The Morgan fingerprint density at radius 3 is 1.68 bits per heavy atom. The first-order valence-corrected chi connectivity index (χ1v) is 9.94. The first-order valence-electron chi connectivity index (χ1n) is 7.86. The molecule has 0 fully saturated rings. The largest absolute Gasteiger partial charge is 0.323 e. The van der Waals surface area contributed by atoms with Gasteiger partial charge >= 0.3 is 0 Å². The average molecular weight is 288 g/mol. The van der Waals surface area contributed by atoms with Crippen molar-refractivity contribution in [2.45, 2.75) is 84.7 Å². The number of carbonyl (C=O) groups is 1. The summed E-state index contributed by atoms with van der Waals surface area (Å²) in [5.74, 6) is 0.163. The smallest absolute Gasteiger partial charge is 0.130 e. The van der Waals surface area contributed by atoms with Crippen molar-refractivity contribution in [3.05, 3.63) is 0 Å². The summed E-state index contributed by atoms with van der Waals surface area (Å²) in [7, 11) is -2.26. The van der Waals surface area contributed by atoms with Crippen molar-refractivity contribution in [1.82, 2.24) is 0 Å². The number of Topliss-reactive ketones (excluding diaryl/α,β-unsaturated/α-hetero) is 1. The minimum absolute atomic E-state index is 0.163. The third-order valence-corrected chi connectivity index (χ3v) is 8.47. The van der Waals surface area contributed by atoms with Gasteiger partial charge in [-0.25, -0.2) is 0 Å². The van der Waals surface area contributed by atoms with Gasteiger partial charge in [0.05, 0.1) is 7.14 Å². The summed E-state index contributed by atoms with van der Waals surface area (Å²) < 4.78 is 13.4. The summed E-state index contributed by atoms with van der Waals surface area (Å²) in [4.78, 5) is 11.4.